The smallest absolute Gasteiger partial charge is 0.282 e. The Kier molecular flexibility index (Phi) is 5.04. The molecule has 1 aromatic rings. The van der Waals surface area contributed by atoms with E-state index in [1.54, 1.807) is 0 Å². The van der Waals surface area contributed by atoms with E-state index >= 15 is 0 Å². The second-order valence-corrected chi connectivity index (χ2v) is 4.60. The Bertz CT molecular complexity index is 366. The summed E-state index contributed by atoms with van der Waals surface area (Å²) in [5.74, 6) is -3.07. The lowest BCUT2D eigenvalue weighted by Gasteiger charge is -2.20. The maximum atomic E-state index is 12.9. The van der Waals surface area contributed by atoms with E-state index < -0.39 is 19.1 Å². The number of nitrogens with zero attached hydrogens (tertiary/aromatic N) is 1. The van der Waals surface area contributed by atoms with E-state index in [0.717, 1.165) is 11.3 Å². The summed E-state index contributed by atoms with van der Waals surface area (Å²) >= 11 is 0. The predicted octanol–water partition coefficient (Wildman–Crippen LogP) is 2.03. The highest BCUT2D eigenvalue weighted by Crippen LogP contribution is 2.19. The lowest BCUT2D eigenvalue weighted by molar-refractivity contribution is -0.0490. The number of hydrogen-bond acceptors (Lipinski definition) is 3. The molecule has 3 nitrogen and oxygen atoms in total. The zero-order valence-electron chi connectivity index (χ0n) is 11.0. The fourth-order valence-corrected chi connectivity index (χ4v) is 1.54. The van der Waals surface area contributed by atoms with Crippen LogP contribution < -0.4 is 10.2 Å². The number of aliphatic hydroxyl groups excluding tert-OH is 1. The lowest BCUT2D eigenvalue weighted by atomic mass is 10.1. The van der Waals surface area contributed by atoms with Crippen molar-refractivity contribution in [2.24, 2.45) is 0 Å². The molecule has 0 fully saturated rings. The van der Waals surface area contributed by atoms with Crippen molar-refractivity contribution in [3.8, 4) is 0 Å². The lowest BCUT2D eigenvalue weighted by Crippen LogP contribution is -2.37. The third kappa shape index (κ3) is 4.23. The molecule has 0 aromatic heterocycles. The van der Waals surface area contributed by atoms with Gasteiger partial charge in [-0.2, -0.15) is 0 Å². The Labute approximate surface area is 106 Å². The molecule has 1 aromatic carbocycles. The normalized spacial score (nSPS) is 13.4. The summed E-state index contributed by atoms with van der Waals surface area (Å²) in [6.45, 7) is 0.157. The average Bonchev–Trinajstić information content (AvgIpc) is 2.36. The highest BCUT2D eigenvalue weighted by atomic mass is 19.3. The van der Waals surface area contributed by atoms with E-state index in [9.17, 15) is 8.78 Å². The molecule has 0 aliphatic heterocycles. The molecule has 0 aliphatic rings. The average molecular weight is 258 g/mol. The summed E-state index contributed by atoms with van der Waals surface area (Å²) in [4.78, 5) is 1.97. The van der Waals surface area contributed by atoms with Crippen LogP contribution in [-0.2, 0) is 0 Å². The maximum absolute atomic E-state index is 12.9. The predicted molar refractivity (Wildman–Crippen MR) is 69.2 cm³/mol. The first-order valence-electron chi connectivity index (χ1n) is 5.85. The van der Waals surface area contributed by atoms with Gasteiger partial charge in [0, 0.05) is 25.8 Å². The fraction of sp³-hybridized carbons (Fsp3) is 0.538. The number of rotatable bonds is 6. The minimum Gasteiger partial charge on any atom is -0.390 e. The highest BCUT2D eigenvalue weighted by Gasteiger charge is 2.27. The summed E-state index contributed by atoms with van der Waals surface area (Å²) in [5.41, 5.74) is 2.00. The van der Waals surface area contributed by atoms with Crippen LogP contribution in [-0.4, -0.2) is 38.3 Å². The molecule has 0 radical (unpaired) electrons. The molecule has 0 aliphatic carbocycles. The number of anilines is 1. The van der Waals surface area contributed by atoms with Crippen LogP contribution in [0.2, 0.25) is 0 Å². The molecule has 0 saturated carbocycles. The van der Waals surface area contributed by atoms with Crippen LogP contribution in [0.1, 0.15) is 18.5 Å². The van der Waals surface area contributed by atoms with Gasteiger partial charge < -0.3 is 15.3 Å². The van der Waals surface area contributed by atoms with E-state index in [-0.39, 0.29) is 6.04 Å². The molecule has 0 heterocycles. The summed E-state index contributed by atoms with van der Waals surface area (Å²) < 4.78 is 25.8. The Morgan fingerprint density at radius 1 is 1.28 bits per heavy atom. The number of halogens is 2. The van der Waals surface area contributed by atoms with Crippen molar-refractivity contribution in [2.75, 3.05) is 32.1 Å². The topological polar surface area (TPSA) is 35.5 Å². The summed E-state index contributed by atoms with van der Waals surface area (Å²) in [6.07, 6.45) is 0. The largest absolute Gasteiger partial charge is 0.390 e. The molecule has 0 spiro atoms. The van der Waals surface area contributed by atoms with E-state index in [1.807, 2.05) is 50.2 Å². The molecule has 5 heteroatoms. The molecule has 1 rings (SSSR count). The number of alkyl halides is 2. The Balaban J connectivity index is 2.59. The van der Waals surface area contributed by atoms with Crippen LogP contribution in [0, 0.1) is 0 Å². The number of aliphatic hydroxyl groups is 1. The van der Waals surface area contributed by atoms with Gasteiger partial charge in [0.05, 0.1) is 6.54 Å². The SMILES string of the molecule is CC(NCC(F)(F)CO)c1ccc(N(C)C)cc1. The molecule has 0 saturated heterocycles. The molecule has 2 N–H and O–H groups in total. The van der Waals surface area contributed by atoms with Gasteiger partial charge in [-0.1, -0.05) is 12.1 Å². The van der Waals surface area contributed by atoms with E-state index in [0.29, 0.717) is 0 Å². The van der Waals surface area contributed by atoms with Gasteiger partial charge in [-0.15, -0.1) is 0 Å². The molecule has 18 heavy (non-hydrogen) atoms. The highest BCUT2D eigenvalue weighted by molar-refractivity contribution is 5.46. The van der Waals surface area contributed by atoms with Crippen molar-refractivity contribution in [2.45, 2.75) is 18.9 Å². The minimum atomic E-state index is -3.07. The van der Waals surface area contributed by atoms with Crippen LogP contribution in [0.25, 0.3) is 0 Å². The summed E-state index contributed by atoms with van der Waals surface area (Å²) in [5, 5.41) is 11.2. The van der Waals surface area contributed by atoms with E-state index in [4.69, 9.17) is 5.11 Å². The summed E-state index contributed by atoms with van der Waals surface area (Å²) in [7, 11) is 3.89. The first kappa shape index (κ1) is 14.9. The molecule has 0 amide bonds. The van der Waals surface area contributed by atoms with Gasteiger partial charge in [-0.05, 0) is 24.6 Å². The zero-order chi connectivity index (χ0) is 13.8. The van der Waals surface area contributed by atoms with Gasteiger partial charge in [0.25, 0.3) is 5.92 Å². The van der Waals surface area contributed by atoms with Crippen molar-refractivity contribution in [1.29, 1.82) is 0 Å². The van der Waals surface area contributed by atoms with Crippen molar-refractivity contribution in [3.05, 3.63) is 29.8 Å². The third-order valence-corrected chi connectivity index (χ3v) is 2.81. The number of nitrogens with one attached hydrogen (secondary N) is 1. The second kappa shape index (κ2) is 6.11. The van der Waals surface area contributed by atoms with Crippen LogP contribution in [0.15, 0.2) is 24.3 Å². The first-order valence-corrected chi connectivity index (χ1v) is 5.85. The first-order chi connectivity index (χ1) is 8.35. The Hall–Kier alpha value is -1.20. The molecule has 1 unspecified atom stereocenters. The molecule has 102 valence electrons. The van der Waals surface area contributed by atoms with Crippen molar-refractivity contribution in [3.63, 3.8) is 0 Å². The monoisotopic (exact) mass is 258 g/mol. The zero-order valence-corrected chi connectivity index (χ0v) is 11.0. The van der Waals surface area contributed by atoms with Gasteiger partial charge in [0.1, 0.15) is 6.61 Å². The molecular weight excluding hydrogens is 238 g/mol. The standard InChI is InChI=1S/C13H20F2N2O/c1-10(16-8-13(14,15)9-18)11-4-6-12(7-5-11)17(2)3/h4-7,10,16,18H,8-9H2,1-3H3. The van der Waals surface area contributed by atoms with Crippen LogP contribution >= 0.6 is 0 Å². The summed E-state index contributed by atoms with van der Waals surface area (Å²) in [6, 6.07) is 7.52. The second-order valence-electron chi connectivity index (χ2n) is 4.60. The van der Waals surface area contributed by atoms with Gasteiger partial charge >= 0.3 is 0 Å². The molecule has 0 bridgehead atoms. The Morgan fingerprint density at radius 2 is 1.83 bits per heavy atom. The minimum absolute atomic E-state index is 0.182. The van der Waals surface area contributed by atoms with Crippen LogP contribution in [0.3, 0.4) is 0 Å². The van der Waals surface area contributed by atoms with Gasteiger partial charge in [0.15, 0.2) is 0 Å². The maximum Gasteiger partial charge on any atom is 0.282 e. The Morgan fingerprint density at radius 3 is 2.28 bits per heavy atom. The van der Waals surface area contributed by atoms with Crippen LogP contribution in [0.4, 0.5) is 14.5 Å². The van der Waals surface area contributed by atoms with Crippen molar-refractivity contribution in [1.82, 2.24) is 5.32 Å². The quantitative estimate of drug-likeness (QED) is 0.819. The van der Waals surface area contributed by atoms with Crippen LogP contribution in [0.5, 0.6) is 0 Å². The number of benzene rings is 1. The van der Waals surface area contributed by atoms with E-state index in [2.05, 4.69) is 5.32 Å². The third-order valence-electron chi connectivity index (χ3n) is 2.81. The van der Waals surface area contributed by atoms with E-state index in [1.165, 1.54) is 0 Å². The van der Waals surface area contributed by atoms with Crippen molar-refractivity contribution >= 4 is 5.69 Å². The molecular formula is C13H20F2N2O. The van der Waals surface area contributed by atoms with Gasteiger partial charge in [-0.25, -0.2) is 8.78 Å². The fourth-order valence-electron chi connectivity index (χ4n) is 1.54. The molecule has 1 atom stereocenters. The van der Waals surface area contributed by atoms with Gasteiger partial charge in [-0.3, -0.25) is 0 Å². The van der Waals surface area contributed by atoms with Crippen molar-refractivity contribution < 1.29 is 13.9 Å². The number of hydrogen-bond donors (Lipinski definition) is 2. The van der Waals surface area contributed by atoms with Gasteiger partial charge in [0.2, 0.25) is 0 Å².